The molecule has 0 aromatic heterocycles. The largest absolute Gasteiger partial charge is 0.294 e. The van der Waals surface area contributed by atoms with Crippen LogP contribution in [0.2, 0.25) is 0 Å². The molecule has 1 N–H and O–H groups in total. The Morgan fingerprint density at radius 2 is 1.44 bits per heavy atom. The highest BCUT2D eigenvalue weighted by Gasteiger charge is 2.12. The van der Waals surface area contributed by atoms with Crippen LogP contribution in [0.15, 0.2) is 33.1 Å². The zero-order chi connectivity index (χ0) is 12.2. The molecule has 0 unspecified atom stereocenters. The first-order valence-electron chi connectivity index (χ1n) is 3.75. The molecular weight excluding hydrogens is 236 g/mol. The molecule has 1 aromatic rings. The van der Waals surface area contributed by atoms with Gasteiger partial charge in [-0.15, -0.1) is 0 Å². The Balaban J connectivity index is 3.52. The van der Waals surface area contributed by atoms with Crippen LogP contribution in [0.5, 0.6) is 0 Å². The first-order valence-corrected chi connectivity index (χ1v) is 5.19. The van der Waals surface area contributed by atoms with Crippen LogP contribution in [0, 0.1) is 0 Å². The first-order chi connectivity index (χ1) is 7.47. The first kappa shape index (κ1) is 12.0. The van der Waals surface area contributed by atoms with Gasteiger partial charge in [-0.2, -0.15) is 18.4 Å². The lowest BCUT2D eigenvalue weighted by Gasteiger charge is -1.99. The molecule has 0 aliphatic heterocycles. The highest BCUT2D eigenvalue weighted by atomic mass is 32.2. The second-order valence-electron chi connectivity index (χ2n) is 2.57. The molecule has 1 aromatic carbocycles. The quantitative estimate of drug-likeness (QED) is 0.478. The molecule has 82 valence electrons. The van der Waals surface area contributed by atoms with Crippen molar-refractivity contribution in [2.75, 3.05) is 0 Å². The van der Waals surface area contributed by atoms with Crippen LogP contribution in [0.1, 0.15) is 0 Å². The van der Waals surface area contributed by atoms with Gasteiger partial charge in [-0.25, -0.2) is 9.59 Å². The van der Waals surface area contributed by atoms with Crippen molar-refractivity contribution < 1.29 is 22.6 Å². The summed E-state index contributed by atoms with van der Waals surface area (Å²) in [5.74, 6) is 0. The van der Waals surface area contributed by atoms with Crippen LogP contribution in [-0.2, 0) is 19.7 Å². The van der Waals surface area contributed by atoms with E-state index in [4.69, 9.17) is 4.55 Å². The Morgan fingerprint density at radius 3 is 1.75 bits per heavy atom. The molecule has 0 heterocycles. The Hall–Kier alpha value is -2.11. The number of aliphatic imine (C=N–C) groups is 2. The fraction of sp³-hybridized carbons (Fsp3) is 0. The fourth-order valence-corrected chi connectivity index (χ4v) is 1.49. The molecule has 0 atom stereocenters. The van der Waals surface area contributed by atoms with Crippen LogP contribution in [0.25, 0.3) is 0 Å². The summed E-state index contributed by atoms with van der Waals surface area (Å²) in [6.07, 6.45) is 2.38. The van der Waals surface area contributed by atoms with Gasteiger partial charge in [0.2, 0.25) is 12.2 Å². The van der Waals surface area contributed by atoms with E-state index in [1.54, 1.807) is 0 Å². The monoisotopic (exact) mass is 240 g/mol. The average Bonchev–Trinajstić information content (AvgIpc) is 2.17. The van der Waals surface area contributed by atoms with E-state index >= 15 is 0 Å². The Bertz CT molecular complexity index is 573. The Labute approximate surface area is 89.9 Å². The van der Waals surface area contributed by atoms with E-state index < -0.39 is 15.0 Å². The van der Waals surface area contributed by atoms with E-state index in [0.29, 0.717) is 0 Å². The molecule has 0 saturated heterocycles. The standard InChI is InChI=1S/C8H4N2O5S/c11-4-9-6-1-7(10-5-12)3-8(2-6)16(13,14)15/h1-3H,(H,13,14,15). The number of hydrogen-bond donors (Lipinski definition) is 1. The van der Waals surface area contributed by atoms with Crippen LogP contribution in [0.3, 0.4) is 0 Å². The molecule has 0 aliphatic rings. The third kappa shape index (κ3) is 2.94. The van der Waals surface area contributed by atoms with E-state index in [1.165, 1.54) is 12.2 Å². The van der Waals surface area contributed by atoms with Gasteiger partial charge in [0.05, 0.1) is 16.3 Å². The normalized spacial score (nSPS) is 10.1. The molecule has 0 radical (unpaired) electrons. The summed E-state index contributed by atoms with van der Waals surface area (Å²) in [4.78, 5) is 25.8. The van der Waals surface area contributed by atoms with Crippen molar-refractivity contribution in [1.29, 1.82) is 0 Å². The maximum atomic E-state index is 10.8. The third-order valence-electron chi connectivity index (χ3n) is 1.52. The maximum Gasteiger partial charge on any atom is 0.294 e. The molecule has 0 spiro atoms. The van der Waals surface area contributed by atoms with Crippen LogP contribution in [-0.4, -0.2) is 25.1 Å². The van der Waals surface area contributed by atoms with Gasteiger partial charge in [0, 0.05) is 0 Å². The molecule has 8 heteroatoms. The topological polar surface area (TPSA) is 113 Å². The number of rotatable bonds is 3. The predicted octanol–water partition coefficient (Wildman–Crippen LogP) is 0.868. The summed E-state index contributed by atoms with van der Waals surface area (Å²) in [6.45, 7) is 0. The molecule has 0 bridgehead atoms. The molecule has 7 nitrogen and oxygen atoms in total. The minimum atomic E-state index is -4.46. The zero-order valence-electron chi connectivity index (χ0n) is 7.61. The van der Waals surface area contributed by atoms with Gasteiger partial charge in [-0.1, -0.05) is 0 Å². The van der Waals surface area contributed by atoms with Crippen LogP contribution in [0.4, 0.5) is 11.4 Å². The summed E-state index contributed by atoms with van der Waals surface area (Å²) in [6, 6.07) is 3.03. The number of isocyanates is 2. The summed E-state index contributed by atoms with van der Waals surface area (Å²) in [5.41, 5.74) is -0.196. The second kappa shape index (κ2) is 4.61. The molecule has 0 fully saturated rings. The number of hydrogen-bond acceptors (Lipinski definition) is 6. The lowest BCUT2D eigenvalue weighted by molar-refractivity contribution is 0.483. The Morgan fingerprint density at radius 1 is 1.00 bits per heavy atom. The highest BCUT2D eigenvalue weighted by Crippen LogP contribution is 2.25. The summed E-state index contributed by atoms with van der Waals surface area (Å²) < 4.78 is 30.4. The van der Waals surface area contributed by atoms with Crippen molar-refractivity contribution in [2.24, 2.45) is 9.98 Å². The van der Waals surface area contributed by atoms with Gasteiger partial charge in [0.25, 0.3) is 10.1 Å². The molecular formula is C8H4N2O5S. The highest BCUT2D eigenvalue weighted by molar-refractivity contribution is 7.85. The van der Waals surface area contributed by atoms with Crippen molar-refractivity contribution in [3.63, 3.8) is 0 Å². The van der Waals surface area contributed by atoms with E-state index in [1.807, 2.05) is 0 Å². The van der Waals surface area contributed by atoms with Crippen molar-refractivity contribution in [3.8, 4) is 0 Å². The predicted molar refractivity (Wildman–Crippen MR) is 51.8 cm³/mol. The second-order valence-corrected chi connectivity index (χ2v) is 3.99. The average molecular weight is 240 g/mol. The fourth-order valence-electron chi connectivity index (χ4n) is 0.951. The van der Waals surface area contributed by atoms with Crippen molar-refractivity contribution >= 4 is 33.7 Å². The van der Waals surface area contributed by atoms with Crippen molar-refractivity contribution in [3.05, 3.63) is 18.2 Å². The summed E-state index contributed by atoms with van der Waals surface area (Å²) >= 11 is 0. The van der Waals surface area contributed by atoms with Crippen molar-refractivity contribution in [1.82, 2.24) is 0 Å². The maximum absolute atomic E-state index is 10.8. The van der Waals surface area contributed by atoms with Gasteiger partial charge >= 0.3 is 0 Å². The lowest BCUT2D eigenvalue weighted by Crippen LogP contribution is -1.97. The molecule has 16 heavy (non-hydrogen) atoms. The third-order valence-corrected chi connectivity index (χ3v) is 2.35. The molecule has 1 rings (SSSR count). The van der Waals surface area contributed by atoms with E-state index in [-0.39, 0.29) is 11.4 Å². The van der Waals surface area contributed by atoms with Gasteiger partial charge in [-0.05, 0) is 18.2 Å². The van der Waals surface area contributed by atoms with E-state index in [2.05, 4.69) is 9.98 Å². The number of benzene rings is 1. The van der Waals surface area contributed by atoms with Crippen LogP contribution < -0.4 is 0 Å². The van der Waals surface area contributed by atoms with Gasteiger partial charge in [-0.3, -0.25) is 4.55 Å². The SMILES string of the molecule is O=C=Nc1cc(N=C=O)cc(S(=O)(=O)O)c1. The summed E-state index contributed by atoms with van der Waals surface area (Å²) in [5, 5.41) is 0. The van der Waals surface area contributed by atoms with E-state index in [9.17, 15) is 18.0 Å². The minimum absolute atomic E-state index is 0.0980. The van der Waals surface area contributed by atoms with Gasteiger partial charge in [0.1, 0.15) is 0 Å². The zero-order valence-corrected chi connectivity index (χ0v) is 8.43. The minimum Gasteiger partial charge on any atom is -0.282 e. The lowest BCUT2D eigenvalue weighted by atomic mass is 10.3. The Kier molecular flexibility index (Phi) is 3.44. The van der Waals surface area contributed by atoms with E-state index in [0.717, 1.165) is 18.2 Å². The number of nitrogens with zero attached hydrogens (tertiary/aromatic N) is 2. The van der Waals surface area contributed by atoms with Crippen molar-refractivity contribution in [2.45, 2.75) is 4.90 Å². The van der Waals surface area contributed by atoms with Crippen LogP contribution >= 0.6 is 0 Å². The molecule has 0 saturated carbocycles. The smallest absolute Gasteiger partial charge is 0.282 e. The summed E-state index contributed by atoms with van der Waals surface area (Å²) in [7, 11) is -4.46. The van der Waals surface area contributed by atoms with Gasteiger partial charge < -0.3 is 0 Å². The number of carbonyl (C=O) groups excluding carboxylic acids is 2. The van der Waals surface area contributed by atoms with Gasteiger partial charge in [0.15, 0.2) is 0 Å². The molecule has 0 amide bonds. The molecule has 0 aliphatic carbocycles.